The predicted octanol–water partition coefficient (Wildman–Crippen LogP) is 3.63. The Morgan fingerprint density at radius 1 is 1.00 bits per heavy atom. The maximum absolute atomic E-state index is 12.7. The Hall–Kier alpha value is -3.34. The van der Waals surface area contributed by atoms with Crippen molar-refractivity contribution in [1.82, 2.24) is 4.90 Å². The molecule has 1 atom stereocenters. The first-order chi connectivity index (χ1) is 13.6. The molecule has 5 nitrogen and oxygen atoms in total. The smallest absolute Gasteiger partial charge is 0.252 e. The molecule has 0 unspecified atom stereocenters. The van der Waals surface area contributed by atoms with Gasteiger partial charge in [-0.15, -0.1) is 0 Å². The molecule has 3 aromatic rings. The summed E-state index contributed by atoms with van der Waals surface area (Å²) in [5.74, 6) is 0.500. The van der Waals surface area contributed by atoms with E-state index in [0.29, 0.717) is 13.0 Å². The Kier molecular flexibility index (Phi) is 4.98. The van der Waals surface area contributed by atoms with Crippen LogP contribution in [0.15, 0.2) is 66.7 Å². The van der Waals surface area contributed by atoms with Gasteiger partial charge in [0, 0.05) is 12.2 Å². The zero-order valence-electron chi connectivity index (χ0n) is 15.7. The van der Waals surface area contributed by atoms with Crippen LogP contribution in [0.25, 0.3) is 10.8 Å². The summed E-state index contributed by atoms with van der Waals surface area (Å²) in [4.78, 5) is 26.5. The first-order valence-electron chi connectivity index (χ1n) is 9.36. The van der Waals surface area contributed by atoms with Gasteiger partial charge in [-0.2, -0.15) is 0 Å². The molecule has 5 heteroatoms. The second-order valence-corrected chi connectivity index (χ2v) is 6.94. The standard InChI is InChI=1S/C23H22N2O3/c1-28-20-10-6-16(7-11-20)12-13-25-22(26)15-21(23(25)27)24-19-9-8-17-4-2-3-5-18(17)14-19/h2-11,14,21,24H,12-13,15H2,1H3/t21-/m1/s1. The van der Waals surface area contributed by atoms with Crippen molar-refractivity contribution in [1.29, 1.82) is 0 Å². The summed E-state index contributed by atoms with van der Waals surface area (Å²) in [5.41, 5.74) is 1.91. The van der Waals surface area contributed by atoms with Crippen molar-refractivity contribution in [3.05, 3.63) is 72.3 Å². The van der Waals surface area contributed by atoms with E-state index in [1.54, 1.807) is 7.11 Å². The Balaban J connectivity index is 1.41. The summed E-state index contributed by atoms with van der Waals surface area (Å²) < 4.78 is 5.15. The summed E-state index contributed by atoms with van der Waals surface area (Å²) in [6.45, 7) is 0.389. The van der Waals surface area contributed by atoms with Gasteiger partial charge in [0.15, 0.2) is 0 Å². The van der Waals surface area contributed by atoms with Crippen LogP contribution >= 0.6 is 0 Å². The predicted molar refractivity (Wildman–Crippen MR) is 109 cm³/mol. The molecule has 142 valence electrons. The highest BCUT2D eigenvalue weighted by molar-refractivity contribution is 6.07. The molecule has 1 fully saturated rings. The lowest BCUT2D eigenvalue weighted by Gasteiger charge is -2.16. The molecule has 0 aromatic heterocycles. The lowest BCUT2D eigenvalue weighted by Crippen LogP contribution is -2.36. The Labute approximate surface area is 163 Å². The maximum atomic E-state index is 12.7. The number of hydrogen-bond acceptors (Lipinski definition) is 4. The molecule has 2 amide bonds. The normalized spacial score (nSPS) is 16.6. The molecular formula is C23H22N2O3. The van der Waals surface area contributed by atoms with Crippen molar-refractivity contribution < 1.29 is 14.3 Å². The van der Waals surface area contributed by atoms with Gasteiger partial charge in [-0.1, -0.05) is 42.5 Å². The van der Waals surface area contributed by atoms with Crippen LogP contribution in [-0.4, -0.2) is 36.4 Å². The molecule has 0 bridgehead atoms. The van der Waals surface area contributed by atoms with Crippen LogP contribution < -0.4 is 10.1 Å². The second kappa shape index (κ2) is 7.72. The van der Waals surface area contributed by atoms with Gasteiger partial charge in [-0.25, -0.2) is 0 Å². The van der Waals surface area contributed by atoms with E-state index in [1.165, 1.54) is 4.90 Å². The third-order valence-corrected chi connectivity index (χ3v) is 5.12. The number of amides is 2. The minimum atomic E-state index is -0.510. The zero-order valence-corrected chi connectivity index (χ0v) is 15.7. The SMILES string of the molecule is COc1ccc(CCN2C(=O)C[C@@H](Nc3ccc4ccccc4c3)C2=O)cc1. The van der Waals surface area contributed by atoms with Gasteiger partial charge in [0.1, 0.15) is 11.8 Å². The molecule has 28 heavy (non-hydrogen) atoms. The monoisotopic (exact) mass is 374 g/mol. The largest absolute Gasteiger partial charge is 0.497 e. The van der Waals surface area contributed by atoms with Gasteiger partial charge >= 0.3 is 0 Å². The van der Waals surface area contributed by atoms with Crippen molar-refractivity contribution in [2.75, 3.05) is 19.0 Å². The number of rotatable bonds is 6. The van der Waals surface area contributed by atoms with E-state index in [9.17, 15) is 9.59 Å². The summed E-state index contributed by atoms with van der Waals surface area (Å²) in [6, 6.07) is 21.2. The number of carbonyl (C=O) groups excluding carboxylic acids is 2. The van der Waals surface area contributed by atoms with E-state index in [2.05, 4.69) is 5.32 Å². The molecule has 1 heterocycles. The average molecular weight is 374 g/mol. The summed E-state index contributed by atoms with van der Waals surface area (Å²) >= 11 is 0. The van der Waals surface area contributed by atoms with E-state index in [-0.39, 0.29) is 18.2 Å². The van der Waals surface area contributed by atoms with E-state index in [4.69, 9.17) is 4.74 Å². The van der Waals surface area contributed by atoms with Crippen molar-refractivity contribution >= 4 is 28.3 Å². The second-order valence-electron chi connectivity index (χ2n) is 6.94. The van der Waals surface area contributed by atoms with Crippen LogP contribution in [0.2, 0.25) is 0 Å². The quantitative estimate of drug-likeness (QED) is 0.670. The van der Waals surface area contributed by atoms with Crippen LogP contribution in [0.3, 0.4) is 0 Å². The van der Waals surface area contributed by atoms with E-state index in [0.717, 1.165) is 27.8 Å². The molecule has 4 rings (SSSR count). The third kappa shape index (κ3) is 3.69. The van der Waals surface area contributed by atoms with Crippen molar-refractivity contribution in [2.45, 2.75) is 18.9 Å². The van der Waals surface area contributed by atoms with Crippen LogP contribution in [0.5, 0.6) is 5.75 Å². The number of ether oxygens (including phenoxy) is 1. The number of nitrogens with zero attached hydrogens (tertiary/aromatic N) is 1. The van der Waals surface area contributed by atoms with Crippen LogP contribution in [0.1, 0.15) is 12.0 Å². The minimum Gasteiger partial charge on any atom is -0.497 e. The maximum Gasteiger partial charge on any atom is 0.252 e. The van der Waals surface area contributed by atoms with E-state index in [1.807, 2.05) is 66.7 Å². The molecule has 0 radical (unpaired) electrons. The number of likely N-dealkylation sites (tertiary alicyclic amines) is 1. The van der Waals surface area contributed by atoms with Crippen LogP contribution in [0.4, 0.5) is 5.69 Å². The molecule has 0 spiro atoms. The number of fused-ring (bicyclic) bond motifs is 1. The number of benzene rings is 3. The van der Waals surface area contributed by atoms with E-state index >= 15 is 0 Å². The van der Waals surface area contributed by atoms with Crippen LogP contribution in [0, 0.1) is 0 Å². The fraction of sp³-hybridized carbons (Fsp3) is 0.217. The number of anilines is 1. The molecule has 1 aliphatic rings. The summed E-state index contributed by atoms with van der Waals surface area (Å²) in [5, 5.41) is 5.47. The number of imide groups is 1. The fourth-order valence-corrected chi connectivity index (χ4v) is 3.54. The number of carbonyl (C=O) groups is 2. The van der Waals surface area contributed by atoms with Crippen molar-refractivity contribution in [3.8, 4) is 5.75 Å². The molecule has 0 aliphatic carbocycles. The summed E-state index contributed by atoms with van der Waals surface area (Å²) in [7, 11) is 1.62. The first kappa shape index (κ1) is 18.0. The lowest BCUT2D eigenvalue weighted by atomic mass is 10.1. The molecule has 3 aromatic carbocycles. The number of hydrogen-bond donors (Lipinski definition) is 1. The molecule has 1 N–H and O–H groups in total. The first-order valence-corrected chi connectivity index (χ1v) is 9.36. The topological polar surface area (TPSA) is 58.6 Å². The highest BCUT2D eigenvalue weighted by Crippen LogP contribution is 2.23. The van der Waals surface area contributed by atoms with Crippen molar-refractivity contribution in [3.63, 3.8) is 0 Å². The fourth-order valence-electron chi connectivity index (χ4n) is 3.54. The van der Waals surface area contributed by atoms with Gasteiger partial charge in [0.05, 0.1) is 13.5 Å². The molecular weight excluding hydrogens is 352 g/mol. The molecule has 0 saturated carbocycles. The highest BCUT2D eigenvalue weighted by Gasteiger charge is 2.38. The van der Waals surface area contributed by atoms with E-state index < -0.39 is 6.04 Å². The Morgan fingerprint density at radius 3 is 2.50 bits per heavy atom. The van der Waals surface area contributed by atoms with Crippen molar-refractivity contribution in [2.24, 2.45) is 0 Å². The zero-order chi connectivity index (χ0) is 19.5. The lowest BCUT2D eigenvalue weighted by molar-refractivity contribution is -0.138. The average Bonchev–Trinajstić information content (AvgIpc) is 2.99. The number of methoxy groups -OCH3 is 1. The van der Waals surface area contributed by atoms with Gasteiger partial charge in [-0.05, 0) is 47.0 Å². The molecule has 1 saturated heterocycles. The van der Waals surface area contributed by atoms with Gasteiger partial charge in [0.25, 0.3) is 5.91 Å². The van der Waals surface area contributed by atoms with Gasteiger partial charge in [0.2, 0.25) is 5.91 Å². The number of nitrogens with one attached hydrogen (secondary N) is 1. The summed E-state index contributed by atoms with van der Waals surface area (Å²) in [6.07, 6.45) is 0.818. The minimum absolute atomic E-state index is 0.128. The van der Waals surface area contributed by atoms with Gasteiger partial charge < -0.3 is 10.1 Å². The Morgan fingerprint density at radius 2 is 1.75 bits per heavy atom. The van der Waals surface area contributed by atoms with Gasteiger partial charge in [-0.3, -0.25) is 14.5 Å². The van der Waals surface area contributed by atoms with Crippen LogP contribution in [-0.2, 0) is 16.0 Å². The highest BCUT2D eigenvalue weighted by atomic mass is 16.5. The third-order valence-electron chi connectivity index (χ3n) is 5.12. The molecule has 1 aliphatic heterocycles. The Bertz CT molecular complexity index is 1010.